The highest BCUT2D eigenvalue weighted by Crippen LogP contribution is 2.20. The first-order chi connectivity index (χ1) is 9.19. The molecule has 19 heavy (non-hydrogen) atoms. The Labute approximate surface area is 116 Å². The van der Waals surface area contributed by atoms with Gasteiger partial charge < -0.3 is 10.1 Å². The van der Waals surface area contributed by atoms with E-state index in [4.69, 9.17) is 4.74 Å². The standard InChI is InChI=1S/C15H25N3O/c1-4-5-11(2)10-19-15-17-9-13(12(3)18-15)8-16-14-6-7-14/h9,11,14,16H,4-8,10H2,1-3H3. The normalized spacial score (nSPS) is 16.4. The molecule has 1 fully saturated rings. The second kappa shape index (κ2) is 6.85. The average molecular weight is 263 g/mol. The van der Waals surface area contributed by atoms with Crippen molar-refractivity contribution < 1.29 is 4.74 Å². The van der Waals surface area contributed by atoms with Gasteiger partial charge in [-0.15, -0.1) is 0 Å². The van der Waals surface area contributed by atoms with Crippen LogP contribution in [0.5, 0.6) is 6.01 Å². The number of nitrogens with zero attached hydrogens (tertiary/aromatic N) is 2. The molecule has 106 valence electrons. The summed E-state index contributed by atoms with van der Waals surface area (Å²) in [4.78, 5) is 8.73. The highest BCUT2D eigenvalue weighted by Gasteiger charge is 2.20. The average Bonchev–Trinajstić information content (AvgIpc) is 3.20. The van der Waals surface area contributed by atoms with Gasteiger partial charge in [0.05, 0.1) is 6.61 Å². The number of aromatic nitrogens is 2. The number of aryl methyl sites for hydroxylation is 1. The third-order valence-corrected chi connectivity index (χ3v) is 3.50. The van der Waals surface area contributed by atoms with E-state index in [1.54, 1.807) is 0 Å². The molecular formula is C15H25N3O. The molecule has 1 aromatic heterocycles. The number of ether oxygens (including phenoxy) is 1. The molecule has 0 amide bonds. The molecule has 1 aliphatic rings. The summed E-state index contributed by atoms with van der Waals surface area (Å²) >= 11 is 0. The molecule has 1 N–H and O–H groups in total. The number of hydrogen-bond donors (Lipinski definition) is 1. The van der Waals surface area contributed by atoms with Gasteiger partial charge in [-0.1, -0.05) is 20.3 Å². The molecule has 1 atom stereocenters. The molecule has 1 heterocycles. The van der Waals surface area contributed by atoms with E-state index in [-0.39, 0.29) is 0 Å². The van der Waals surface area contributed by atoms with E-state index in [1.807, 2.05) is 13.1 Å². The van der Waals surface area contributed by atoms with Crippen LogP contribution in [-0.4, -0.2) is 22.6 Å². The Bertz CT molecular complexity index is 404. The van der Waals surface area contributed by atoms with Gasteiger partial charge in [-0.25, -0.2) is 9.97 Å². The van der Waals surface area contributed by atoms with Crippen molar-refractivity contribution in [3.05, 3.63) is 17.5 Å². The van der Waals surface area contributed by atoms with E-state index in [0.29, 0.717) is 24.6 Å². The fraction of sp³-hybridized carbons (Fsp3) is 0.733. The summed E-state index contributed by atoms with van der Waals surface area (Å²) in [5.74, 6) is 0.560. The van der Waals surface area contributed by atoms with Gasteiger partial charge in [0.1, 0.15) is 0 Å². The molecule has 0 spiro atoms. The molecule has 4 nitrogen and oxygen atoms in total. The molecule has 1 aromatic rings. The maximum atomic E-state index is 5.65. The molecule has 2 rings (SSSR count). The van der Waals surface area contributed by atoms with Crippen molar-refractivity contribution in [3.63, 3.8) is 0 Å². The first-order valence-corrected chi connectivity index (χ1v) is 7.37. The fourth-order valence-corrected chi connectivity index (χ4v) is 2.05. The summed E-state index contributed by atoms with van der Waals surface area (Å²) in [6.07, 6.45) is 6.86. The van der Waals surface area contributed by atoms with Crippen molar-refractivity contribution >= 4 is 0 Å². The first-order valence-electron chi connectivity index (χ1n) is 7.37. The molecule has 0 saturated heterocycles. The monoisotopic (exact) mass is 263 g/mol. The second-order valence-electron chi connectivity index (χ2n) is 5.62. The van der Waals surface area contributed by atoms with Crippen LogP contribution in [-0.2, 0) is 6.54 Å². The minimum atomic E-state index is 0.510. The first kappa shape index (κ1) is 14.3. The van der Waals surface area contributed by atoms with Gasteiger partial charge >= 0.3 is 6.01 Å². The highest BCUT2D eigenvalue weighted by atomic mass is 16.5. The second-order valence-corrected chi connectivity index (χ2v) is 5.62. The molecular weight excluding hydrogens is 238 g/mol. The van der Waals surface area contributed by atoms with Crippen LogP contribution in [0.4, 0.5) is 0 Å². The van der Waals surface area contributed by atoms with Crippen molar-refractivity contribution in [2.45, 2.75) is 59.0 Å². The predicted molar refractivity (Wildman–Crippen MR) is 76.2 cm³/mol. The third kappa shape index (κ3) is 4.78. The smallest absolute Gasteiger partial charge is 0.316 e. The SMILES string of the molecule is CCCC(C)COc1ncc(CNC2CC2)c(C)n1. The molecule has 4 heteroatoms. The lowest BCUT2D eigenvalue weighted by atomic mass is 10.1. The van der Waals surface area contributed by atoms with Crippen molar-refractivity contribution in [1.29, 1.82) is 0 Å². The number of rotatable bonds is 8. The van der Waals surface area contributed by atoms with Gasteiger partial charge in [0.2, 0.25) is 0 Å². The maximum absolute atomic E-state index is 5.65. The number of nitrogens with one attached hydrogen (secondary N) is 1. The lowest BCUT2D eigenvalue weighted by Gasteiger charge is -2.12. The van der Waals surface area contributed by atoms with Crippen molar-refractivity contribution in [2.24, 2.45) is 5.92 Å². The van der Waals surface area contributed by atoms with Gasteiger partial charge in [0.15, 0.2) is 0 Å². The zero-order valence-corrected chi connectivity index (χ0v) is 12.3. The van der Waals surface area contributed by atoms with Crippen LogP contribution < -0.4 is 10.1 Å². The molecule has 0 aliphatic heterocycles. The molecule has 1 unspecified atom stereocenters. The van der Waals surface area contributed by atoms with Crippen molar-refractivity contribution in [1.82, 2.24) is 15.3 Å². The van der Waals surface area contributed by atoms with E-state index in [1.165, 1.54) is 31.2 Å². The van der Waals surface area contributed by atoms with Crippen LogP contribution in [0.2, 0.25) is 0 Å². The van der Waals surface area contributed by atoms with Crippen LogP contribution in [0.15, 0.2) is 6.20 Å². The van der Waals surface area contributed by atoms with Gasteiger partial charge in [0, 0.05) is 30.0 Å². The van der Waals surface area contributed by atoms with Crippen LogP contribution in [0, 0.1) is 12.8 Å². The van der Waals surface area contributed by atoms with E-state index >= 15 is 0 Å². The van der Waals surface area contributed by atoms with Crippen LogP contribution >= 0.6 is 0 Å². The van der Waals surface area contributed by atoms with Gasteiger partial charge in [-0.2, -0.15) is 0 Å². The minimum absolute atomic E-state index is 0.510. The zero-order chi connectivity index (χ0) is 13.7. The van der Waals surface area contributed by atoms with Gasteiger partial charge in [-0.05, 0) is 32.1 Å². The largest absolute Gasteiger partial charge is 0.463 e. The molecule has 1 aliphatic carbocycles. The molecule has 0 radical (unpaired) electrons. The Morgan fingerprint density at radius 2 is 2.26 bits per heavy atom. The maximum Gasteiger partial charge on any atom is 0.316 e. The van der Waals surface area contributed by atoms with Gasteiger partial charge in [-0.3, -0.25) is 0 Å². The molecule has 1 saturated carbocycles. The van der Waals surface area contributed by atoms with E-state index in [2.05, 4.69) is 29.1 Å². The summed E-state index contributed by atoms with van der Waals surface area (Å²) in [6.45, 7) is 7.98. The summed E-state index contributed by atoms with van der Waals surface area (Å²) in [5, 5.41) is 3.48. The molecule has 0 aromatic carbocycles. The predicted octanol–water partition coefficient (Wildman–Crippen LogP) is 2.85. The van der Waals surface area contributed by atoms with E-state index in [9.17, 15) is 0 Å². The summed E-state index contributed by atoms with van der Waals surface area (Å²) in [7, 11) is 0. The Kier molecular flexibility index (Phi) is 5.14. The lowest BCUT2D eigenvalue weighted by Crippen LogP contribution is -2.17. The minimum Gasteiger partial charge on any atom is -0.463 e. The van der Waals surface area contributed by atoms with E-state index < -0.39 is 0 Å². The summed E-state index contributed by atoms with van der Waals surface area (Å²) < 4.78 is 5.65. The van der Waals surface area contributed by atoms with E-state index in [0.717, 1.165) is 12.2 Å². The summed E-state index contributed by atoms with van der Waals surface area (Å²) in [6, 6.07) is 1.22. The van der Waals surface area contributed by atoms with Gasteiger partial charge in [0.25, 0.3) is 0 Å². The Balaban J connectivity index is 1.82. The zero-order valence-electron chi connectivity index (χ0n) is 12.3. The Morgan fingerprint density at radius 1 is 1.47 bits per heavy atom. The van der Waals surface area contributed by atoms with Crippen LogP contribution in [0.1, 0.15) is 50.8 Å². The topological polar surface area (TPSA) is 47.0 Å². The Morgan fingerprint density at radius 3 is 2.89 bits per heavy atom. The van der Waals surface area contributed by atoms with Crippen molar-refractivity contribution in [2.75, 3.05) is 6.61 Å². The summed E-state index contributed by atoms with van der Waals surface area (Å²) in [5.41, 5.74) is 2.18. The van der Waals surface area contributed by atoms with Crippen molar-refractivity contribution in [3.8, 4) is 6.01 Å². The van der Waals surface area contributed by atoms with Crippen LogP contribution in [0.3, 0.4) is 0 Å². The number of hydrogen-bond acceptors (Lipinski definition) is 4. The fourth-order valence-electron chi connectivity index (χ4n) is 2.05. The quantitative estimate of drug-likeness (QED) is 0.783. The highest BCUT2D eigenvalue weighted by molar-refractivity contribution is 5.18. The molecule has 0 bridgehead atoms. The van der Waals surface area contributed by atoms with Crippen LogP contribution in [0.25, 0.3) is 0 Å². The Hall–Kier alpha value is -1.16. The lowest BCUT2D eigenvalue weighted by molar-refractivity contribution is 0.233. The third-order valence-electron chi connectivity index (χ3n) is 3.50.